The highest BCUT2D eigenvalue weighted by Gasteiger charge is 2.16. The summed E-state index contributed by atoms with van der Waals surface area (Å²) in [7, 11) is 0. The van der Waals surface area contributed by atoms with Crippen LogP contribution in [0, 0.1) is 0 Å². The fourth-order valence-corrected chi connectivity index (χ4v) is 3.33. The van der Waals surface area contributed by atoms with Crippen LogP contribution in [0.2, 0.25) is 0 Å². The topological polar surface area (TPSA) is 54.0 Å². The Morgan fingerprint density at radius 2 is 1.96 bits per heavy atom. The van der Waals surface area contributed by atoms with Crippen molar-refractivity contribution in [1.82, 2.24) is 10.2 Å². The Bertz CT molecular complexity index is 515. The van der Waals surface area contributed by atoms with Crippen molar-refractivity contribution in [2.24, 2.45) is 0 Å². The number of nitrogens with one attached hydrogen (secondary N) is 1. The molecule has 3 rings (SSSR count). The molecule has 2 heterocycles. The molecular formula is C19H30N2O3. The van der Waals surface area contributed by atoms with E-state index in [9.17, 15) is 5.11 Å². The average molecular weight is 334 g/mol. The fourth-order valence-electron chi connectivity index (χ4n) is 3.33. The molecule has 0 radical (unpaired) electrons. The normalized spacial score (nSPS) is 20.6. The molecule has 24 heavy (non-hydrogen) atoms. The first-order valence-corrected chi connectivity index (χ1v) is 9.26. The van der Waals surface area contributed by atoms with E-state index in [1.165, 1.54) is 5.56 Å². The molecule has 0 bridgehead atoms. The first kappa shape index (κ1) is 17.5. The van der Waals surface area contributed by atoms with E-state index in [1.54, 1.807) is 0 Å². The van der Waals surface area contributed by atoms with Crippen molar-refractivity contribution in [3.05, 3.63) is 23.8 Å². The number of hydrogen-bond acceptors (Lipinski definition) is 5. The Balaban J connectivity index is 1.42. The molecule has 2 N–H and O–H groups in total. The minimum atomic E-state index is -0.0844. The second kappa shape index (κ2) is 8.70. The van der Waals surface area contributed by atoms with Crippen LogP contribution < -0.4 is 14.8 Å². The van der Waals surface area contributed by atoms with Gasteiger partial charge < -0.3 is 24.8 Å². The van der Waals surface area contributed by atoms with Crippen LogP contribution in [0.4, 0.5) is 0 Å². The Morgan fingerprint density at radius 3 is 2.75 bits per heavy atom. The Hall–Kier alpha value is -1.30. The first-order valence-electron chi connectivity index (χ1n) is 9.26. The fraction of sp³-hybridized carbons (Fsp3) is 0.684. The maximum absolute atomic E-state index is 9.54. The SMILES string of the molecule is CC(NCCCN1CCC(O)CC1)c1ccc2c(c1)OCCCO2. The molecular weight excluding hydrogens is 304 g/mol. The number of aliphatic hydroxyl groups excluding tert-OH is 1. The number of likely N-dealkylation sites (tertiary alicyclic amines) is 1. The minimum absolute atomic E-state index is 0.0844. The van der Waals surface area contributed by atoms with Gasteiger partial charge in [-0.05, 0) is 57.0 Å². The highest BCUT2D eigenvalue weighted by atomic mass is 16.5. The number of ether oxygens (including phenoxy) is 2. The van der Waals surface area contributed by atoms with Gasteiger partial charge in [0.2, 0.25) is 0 Å². The molecule has 1 saturated heterocycles. The van der Waals surface area contributed by atoms with E-state index in [2.05, 4.69) is 29.3 Å². The number of benzene rings is 1. The van der Waals surface area contributed by atoms with Gasteiger partial charge in [-0.15, -0.1) is 0 Å². The molecule has 2 aliphatic heterocycles. The van der Waals surface area contributed by atoms with E-state index < -0.39 is 0 Å². The molecule has 0 saturated carbocycles. The molecule has 0 aliphatic carbocycles. The zero-order valence-corrected chi connectivity index (χ0v) is 14.7. The van der Waals surface area contributed by atoms with Crippen LogP contribution in [-0.4, -0.2) is 55.5 Å². The molecule has 1 aromatic carbocycles. The third-order valence-corrected chi connectivity index (χ3v) is 4.93. The van der Waals surface area contributed by atoms with Gasteiger partial charge in [0.25, 0.3) is 0 Å². The predicted octanol–water partition coefficient (Wildman–Crippen LogP) is 2.35. The quantitative estimate of drug-likeness (QED) is 0.782. The molecule has 5 nitrogen and oxygen atoms in total. The van der Waals surface area contributed by atoms with Crippen molar-refractivity contribution in [2.45, 2.75) is 44.8 Å². The summed E-state index contributed by atoms with van der Waals surface area (Å²) in [5.74, 6) is 1.72. The van der Waals surface area contributed by atoms with Crippen molar-refractivity contribution in [2.75, 3.05) is 39.4 Å². The number of hydrogen-bond donors (Lipinski definition) is 2. The smallest absolute Gasteiger partial charge is 0.161 e. The zero-order valence-electron chi connectivity index (χ0n) is 14.7. The zero-order chi connectivity index (χ0) is 16.8. The maximum Gasteiger partial charge on any atom is 0.161 e. The third-order valence-electron chi connectivity index (χ3n) is 4.93. The number of piperidine rings is 1. The van der Waals surface area contributed by atoms with Gasteiger partial charge in [0.1, 0.15) is 0 Å². The standard InChI is InChI=1S/C19H30N2O3/c1-15(20-8-2-9-21-10-6-17(22)7-11-21)16-4-5-18-19(14-16)24-13-3-12-23-18/h4-5,14-15,17,20,22H,2-3,6-13H2,1H3. The van der Waals surface area contributed by atoms with Crippen LogP contribution in [0.25, 0.3) is 0 Å². The molecule has 1 fully saturated rings. The van der Waals surface area contributed by atoms with Crippen LogP contribution in [0.5, 0.6) is 11.5 Å². The van der Waals surface area contributed by atoms with Gasteiger partial charge in [0.05, 0.1) is 19.3 Å². The van der Waals surface area contributed by atoms with Crippen LogP contribution in [0.1, 0.15) is 44.2 Å². The maximum atomic E-state index is 9.54. The molecule has 1 unspecified atom stereocenters. The van der Waals surface area contributed by atoms with Gasteiger partial charge in [-0.25, -0.2) is 0 Å². The van der Waals surface area contributed by atoms with Gasteiger partial charge in [0, 0.05) is 25.6 Å². The van der Waals surface area contributed by atoms with Gasteiger partial charge in [-0.2, -0.15) is 0 Å². The second-order valence-corrected chi connectivity index (χ2v) is 6.86. The molecule has 2 aliphatic rings. The van der Waals surface area contributed by atoms with E-state index >= 15 is 0 Å². The van der Waals surface area contributed by atoms with Crippen molar-refractivity contribution >= 4 is 0 Å². The van der Waals surface area contributed by atoms with Crippen molar-refractivity contribution < 1.29 is 14.6 Å². The van der Waals surface area contributed by atoms with Crippen LogP contribution in [-0.2, 0) is 0 Å². The van der Waals surface area contributed by atoms with Gasteiger partial charge in [0.15, 0.2) is 11.5 Å². The Morgan fingerprint density at radius 1 is 1.21 bits per heavy atom. The summed E-state index contributed by atoms with van der Waals surface area (Å²) in [4.78, 5) is 2.45. The predicted molar refractivity (Wildman–Crippen MR) is 94.8 cm³/mol. The van der Waals surface area contributed by atoms with E-state index in [0.717, 1.165) is 76.6 Å². The highest BCUT2D eigenvalue weighted by molar-refractivity contribution is 5.44. The van der Waals surface area contributed by atoms with Gasteiger partial charge >= 0.3 is 0 Å². The summed E-state index contributed by atoms with van der Waals surface area (Å²) in [5, 5.41) is 13.1. The van der Waals surface area contributed by atoms with Crippen molar-refractivity contribution in [3.8, 4) is 11.5 Å². The number of nitrogens with zero attached hydrogens (tertiary/aromatic N) is 1. The lowest BCUT2D eigenvalue weighted by atomic mass is 10.1. The van der Waals surface area contributed by atoms with Crippen LogP contribution in [0.15, 0.2) is 18.2 Å². The molecule has 0 aromatic heterocycles. The minimum Gasteiger partial charge on any atom is -0.490 e. The lowest BCUT2D eigenvalue weighted by molar-refractivity contribution is 0.0820. The molecule has 134 valence electrons. The summed E-state index contributed by atoms with van der Waals surface area (Å²) < 4.78 is 11.5. The number of aliphatic hydroxyl groups is 1. The molecule has 0 amide bonds. The largest absolute Gasteiger partial charge is 0.490 e. The second-order valence-electron chi connectivity index (χ2n) is 6.86. The first-order chi connectivity index (χ1) is 11.7. The third kappa shape index (κ3) is 4.85. The summed E-state index contributed by atoms with van der Waals surface area (Å²) in [6, 6.07) is 6.54. The van der Waals surface area contributed by atoms with E-state index in [0.29, 0.717) is 6.04 Å². The van der Waals surface area contributed by atoms with Crippen LogP contribution >= 0.6 is 0 Å². The van der Waals surface area contributed by atoms with Gasteiger partial charge in [-0.3, -0.25) is 0 Å². The molecule has 5 heteroatoms. The Labute approximate surface area is 144 Å². The monoisotopic (exact) mass is 334 g/mol. The van der Waals surface area contributed by atoms with E-state index in [-0.39, 0.29) is 6.10 Å². The summed E-state index contributed by atoms with van der Waals surface area (Å²) >= 11 is 0. The summed E-state index contributed by atoms with van der Waals surface area (Å²) in [6.45, 7) is 7.80. The van der Waals surface area contributed by atoms with E-state index in [1.807, 2.05) is 6.07 Å². The molecule has 1 atom stereocenters. The molecule has 1 aromatic rings. The van der Waals surface area contributed by atoms with Crippen molar-refractivity contribution in [1.29, 1.82) is 0 Å². The van der Waals surface area contributed by atoms with Gasteiger partial charge in [-0.1, -0.05) is 6.07 Å². The summed E-state index contributed by atoms with van der Waals surface area (Å²) in [5.41, 5.74) is 1.24. The lowest BCUT2D eigenvalue weighted by Crippen LogP contribution is -2.37. The van der Waals surface area contributed by atoms with Crippen LogP contribution in [0.3, 0.4) is 0 Å². The number of fused-ring (bicyclic) bond motifs is 1. The summed E-state index contributed by atoms with van der Waals surface area (Å²) in [6.07, 6.45) is 3.82. The van der Waals surface area contributed by atoms with Crippen molar-refractivity contribution in [3.63, 3.8) is 0 Å². The molecule has 0 spiro atoms. The highest BCUT2D eigenvalue weighted by Crippen LogP contribution is 2.32. The van der Waals surface area contributed by atoms with E-state index in [4.69, 9.17) is 9.47 Å². The lowest BCUT2D eigenvalue weighted by Gasteiger charge is -2.29. The Kier molecular flexibility index (Phi) is 6.35. The average Bonchev–Trinajstić information content (AvgIpc) is 2.84. The number of rotatable bonds is 6.